The first-order chi connectivity index (χ1) is 15.9. The van der Waals surface area contributed by atoms with Crippen molar-refractivity contribution in [3.05, 3.63) is 73.9 Å². The minimum atomic E-state index is 0.307. The molecule has 2 unspecified atom stereocenters. The number of allylic oxidation sites excluding steroid dienone is 1. The first-order valence-electron chi connectivity index (χ1n) is 12.4. The quantitative estimate of drug-likeness (QED) is 0.187. The average Bonchev–Trinajstić information content (AvgIpc) is 2.91. The molecule has 0 saturated heterocycles. The van der Waals surface area contributed by atoms with Crippen molar-refractivity contribution in [2.45, 2.75) is 90.4 Å². The molecule has 0 N–H and O–H groups in total. The maximum Gasteiger partial charge on any atom is 0.129 e. The Morgan fingerprint density at radius 3 is 2.58 bits per heavy atom. The highest BCUT2D eigenvalue weighted by atomic mass is 79.9. The number of nitrogens with zero attached hydrogens (tertiary/aromatic N) is 1. The van der Waals surface area contributed by atoms with Crippen LogP contribution in [0, 0.1) is 12.8 Å². The zero-order valence-corrected chi connectivity index (χ0v) is 23.3. The van der Waals surface area contributed by atoms with Gasteiger partial charge in [0.25, 0.3) is 0 Å². The number of carbonyl (C=O) groups excluding carboxylic acids is 1. The molecule has 0 aliphatic heterocycles. The van der Waals surface area contributed by atoms with Gasteiger partial charge >= 0.3 is 0 Å². The minimum absolute atomic E-state index is 0.307. The third-order valence-electron chi connectivity index (χ3n) is 6.91. The van der Waals surface area contributed by atoms with Gasteiger partial charge in [-0.2, -0.15) is 0 Å². The van der Waals surface area contributed by atoms with E-state index in [1.165, 1.54) is 64.5 Å². The van der Waals surface area contributed by atoms with Crippen LogP contribution in [-0.4, -0.2) is 10.8 Å². The van der Waals surface area contributed by atoms with Crippen LogP contribution >= 0.6 is 31.9 Å². The summed E-state index contributed by atoms with van der Waals surface area (Å²) in [4.78, 5) is 16.3. The topological polar surface area (TPSA) is 30.0 Å². The van der Waals surface area contributed by atoms with E-state index in [0.717, 1.165) is 43.0 Å². The van der Waals surface area contributed by atoms with E-state index in [-0.39, 0.29) is 0 Å². The molecule has 0 bridgehead atoms. The Labute approximate surface area is 216 Å². The van der Waals surface area contributed by atoms with E-state index in [4.69, 9.17) is 4.98 Å². The summed E-state index contributed by atoms with van der Waals surface area (Å²) in [6.45, 7) is 7.83. The Balaban J connectivity index is 1.92. The summed E-state index contributed by atoms with van der Waals surface area (Å²) < 4.78 is 2.30. The predicted octanol–water partition coefficient (Wildman–Crippen LogP) is 9.05. The zero-order valence-electron chi connectivity index (χ0n) is 20.1. The largest absolute Gasteiger partial charge is 0.300 e. The summed E-state index contributed by atoms with van der Waals surface area (Å²) in [6, 6.07) is 6.94. The van der Waals surface area contributed by atoms with Gasteiger partial charge in [0.1, 0.15) is 5.78 Å². The number of aromatic nitrogens is 1. The molecule has 178 valence electrons. The van der Waals surface area contributed by atoms with Crippen molar-refractivity contribution >= 4 is 37.6 Å². The van der Waals surface area contributed by atoms with Gasteiger partial charge in [-0.3, -0.25) is 4.98 Å². The number of hydrogen-bond donors (Lipinski definition) is 0. The number of carbonyl (C=O) groups is 1. The van der Waals surface area contributed by atoms with Gasteiger partial charge in [-0.25, -0.2) is 0 Å². The Hall–Kier alpha value is -1.26. The molecular weight excluding hydrogens is 538 g/mol. The van der Waals surface area contributed by atoms with E-state index < -0.39 is 0 Å². The van der Waals surface area contributed by atoms with Crippen LogP contribution in [0.25, 0.3) is 0 Å². The van der Waals surface area contributed by atoms with Gasteiger partial charge in [0, 0.05) is 27.5 Å². The van der Waals surface area contributed by atoms with E-state index >= 15 is 0 Å². The number of unbranched alkanes of at least 4 members (excludes halogenated alkanes) is 4. The van der Waals surface area contributed by atoms with Gasteiger partial charge in [-0.1, -0.05) is 47.3 Å². The molecule has 0 radical (unpaired) electrons. The van der Waals surface area contributed by atoms with Crippen LogP contribution in [0.15, 0.2) is 46.0 Å². The van der Waals surface area contributed by atoms with Gasteiger partial charge in [-0.05, 0) is 115 Å². The molecule has 1 aliphatic carbocycles. The van der Waals surface area contributed by atoms with Crippen LogP contribution in [0.1, 0.15) is 98.6 Å². The third kappa shape index (κ3) is 7.36. The van der Waals surface area contributed by atoms with E-state index in [0.29, 0.717) is 17.6 Å². The zero-order chi connectivity index (χ0) is 23.8. The monoisotopic (exact) mass is 573 g/mol. The van der Waals surface area contributed by atoms with Crippen LogP contribution in [-0.2, 0) is 17.6 Å². The maximum atomic E-state index is 11.3. The number of ketones is 1. The second-order valence-corrected chi connectivity index (χ2v) is 11.4. The summed E-state index contributed by atoms with van der Waals surface area (Å²) in [6.07, 6.45) is 16.0. The lowest BCUT2D eigenvalue weighted by molar-refractivity contribution is -0.117. The molecule has 2 nitrogen and oxygen atoms in total. The smallest absolute Gasteiger partial charge is 0.129 e. The van der Waals surface area contributed by atoms with Gasteiger partial charge in [0.05, 0.1) is 5.69 Å². The number of hydrogen-bond acceptors (Lipinski definition) is 2. The molecule has 2 atom stereocenters. The summed E-state index contributed by atoms with van der Waals surface area (Å²) in [5, 5.41) is 0. The number of aryl methyl sites for hydroxylation is 3. The highest BCUT2D eigenvalue weighted by Gasteiger charge is 2.33. The predicted molar refractivity (Wildman–Crippen MR) is 146 cm³/mol. The number of benzene rings is 1. The maximum absolute atomic E-state index is 11.3. The first-order valence-corrected chi connectivity index (χ1v) is 14.0. The van der Waals surface area contributed by atoms with Crippen molar-refractivity contribution in [3.63, 3.8) is 0 Å². The van der Waals surface area contributed by atoms with Crippen LogP contribution in [0.2, 0.25) is 0 Å². The Bertz CT molecular complexity index is 968. The van der Waals surface area contributed by atoms with Gasteiger partial charge < -0.3 is 4.79 Å². The highest BCUT2D eigenvalue weighted by Crippen LogP contribution is 2.45. The van der Waals surface area contributed by atoms with Crippen molar-refractivity contribution in [1.82, 2.24) is 4.98 Å². The molecule has 0 amide bonds. The highest BCUT2D eigenvalue weighted by molar-refractivity contribution is 9.10. The number of halogens is 2. The van der Waals surface area contributed by atoms with Gasteiger partial charge in [0.2, 0.25) is 0 Å². The van der Waals surface area contributed by atoms with Crippen molar-refractivity contribution in [2.75, 3.05) is 0 Å². The molecule has 4 heteroatoms. The number of rotatable bonds is 12. The molecule has 1 aromatic heterocycles. The molecule has 2 aromatic rings. The third-order valence-corrected chi connectivity index (χ3v) is 7.99. The van der Waals surface area contributed by atoms with E-state index in [1.807, 2.05) is 12.3 Å². The van der Waals surface area contributed by atoms with E-state index in [1.54, 1.807) is 6.92 Å². The molecule has 33 heavy (non-hydrogen) atoms. The van der Waals surface area contributed by atoms with Crippen molar-refractivity contribution < 1.29 is 4.79 Å². The second-order valence-electron chi connectivity index (χ2n) is 9.63. The molecule has 0 spiro atoms. The van der Waals surface area contributed by atoms with Crippen LogP contribution < -0.4 is 0 Å². The lowest BCUT2D eigenvalue weighted by atomic mass is 9.76. The summed E-state index contributed by atoms with van der Waals surface area (Å²) >= 11 is 7.61. The first kappa shape index (κ1) is 26.3. The summed E-state index contributed by atoms with van der Waals surface area (Å²) in [5.74, 6) is 1.16. The lowest BCUT2D eigenvalue weighted by Crippen LogP contribution is -2.18. The van der Waals surface area contributed by atoms with E-state index in [9.17, 15) is 4.79 Å². The molecule has 1 heterocycles. The van der Waals surface area contributed by atoms with Crippen molar-refractivity contribution in [1.29, 1.82) is 0 Å². The minimum Gasteiger partial charge on any atom is -0.300 e. The lowest BCUT2D eigenvalue weighted by Gasteiger charge is -2.30. The van der Waals surface area contributed by atoms with Crippen LogP contribution in [0.5, 0.6) is 0 Å². The average molecular weight is 575 g/mol. The summed E-state index contributed by atoms with van der Waals surface area (Å²) in [5.41, 5.74) is 6.88. The van der Waals surface area contributed by atoms with Crippen molar-refractivity contribution in [3.8, 4) is 0 Å². The fraction of sp³-hybridized carbons (Fsp3) is 0.517. The second kappa shape index (κ2) is 13.0. The van der Waals surface area contributed by atoms with E-state index in [2.05, 4.69) is 63.6 Å². The fourth-order valence-electron chi connectivity index (χ4n) is 5.35. The molecular formula is C29H37Br2NO. The molecule has 1 aromatic carbocycles. The molecule has 0 saturated carbocycles. The Morgan fingerprint density at radius 1 is 1.09 bits per heavy atom. The van der Waals surface area contributed by atoms with Crippen LogP contribution in [0.3, 0.4) is 0 Å². The Morgan fingerprint density at radius 2 is 1.82 bits per heavy atom. The van der Waals surface area contributed by atoms with Crippen LogP contribution in [0.4, 0.5) is 0 Å². The molecule has 3 rings (SSSR count). The number of Topliss-reactive ketones (excluding diaryl/α,β-unsaturated/α-hetero) is 1. The number of pyridine rings is 1. The van der Waals surface area contributed by atoms with Gasteiger partial charge in [-0.15, -0.1) is 6.58 Å². The number of fused-ring (bicyclic) bond motifs is 2. The standard InChI is InChI=1S/C29H37Br2NO/c1-4-5-8-12-22(13-10-7-6-9-11-21(3)33)28-27-23(16-20(2)17-26(27)31)14-15-24-18-25(30)19-32-29(24)28/h4,16-19,22,28H,1,5-15H2,2-3H3. The molecule has 0 fully saturated rings. The SMILES string of the molecule is C=CCCCC(CCCCCCC(C)=O)C1c2ncc(Br)cc2CCc2cc(C)cc(Br)c21. The van der Waals surface area contributed by atoms with Gasteiger partial charge in [0.15, 0.2) is 0 Å². The summed E-state index contributed by atoms with van der Waals surface area (Å²) in [7, 11) is 0. The normalized spacial score (nSPS) is 15.9. The molecule has 1 aliphatic rings. The Kier molecular flexibility index (Phi) is 10.4. The fourth-order valence-corrected chi connectivity index (χ4v) is 6.59. The van der Waals surface area contributed by atoms with Crippen molar-refractivity contribution in [2.24, 2.45) is 5.92 Å².